The van der Waals surface area contributed by atoms with Gasteiger partial charge < -0.3 is 43.0 Å². The van der Waals surface area contributed by atoms with Crippen LogP contribution in [0.25, 0.3) is 0 Å². The molecule has 1 N–H and O–H groups in total. The number of rotatable bonds is 9. The Morgan fingerprint density at radius 1 is 0.983 bits per heavy atom. The maximum atomic E-state index is 14.2. The first-order valence-electron chi connectivity index (χ1n) is 19.4. The van der Waals surface area contributed by atoms with Crippen molar-refractivity contribution in [1.82, 2.24) is 0 Å². The highest BCUT2D eigenvalue weighted by molar-refractivity contribution is 5.94. The third-order valence-corrected chi connectivity index (χ3v) is 11.6. The van der Waals surface area contributed by atoms with Gasteiger partial charge in [-0.3, -0.25) is 4.79 Å². The van der Waals surface area contributed by atoms with E-state index in [0.717, 1.165) is 26.5 Å². The van der Waals surface area contributed by atoms with Gasteiger partial charge in [0.1, 0.15) is 30.5 Å². The zero-order chi connectivity index (χ0) is 43.7. The molecule has 11 atom stereocenters. The van der Waals surface area contributed by atoms with Crippen LogP contribution < -0.4 is 0 Å². The third-order valence-electron chi connectivity index (χ3n) is 11.6. The lowest BCUT2D eigenvalue weighted by Gasteiger charge is -2.36. The number of hydrogen-bond acceptors (Lipinski definition) is 16. The zero-order valence-corrected chi connectivity index (χ0v) is 34.5. The fourth-order valence-corrected chi connectivity index (χ4v) is 7.71. The van der Waals surface area contributed by atoms with E-state index in [1.54, 1.807) is 39.0 Å². The van der Waals surface area contributed by atoms with E-state index in [0.29, 0.717) is 19.3 Å². The van der Waals surface area contributed by atoms with E-state index < -0.39 is 108 Å². The van der Waals surface area contributed by atoms with Crippen molar-refractivity contribution in [3.8, 4) is 0 Å². The Kier molecular flexibility index (Phi) is 13.3. The first-order valence-corrected chi connectivity index (χ1v) is 19.4. The topological polar surface area (TPSA) is 217 Å². The van der Waals surface area contributed by atoms with Gasteiger partial charge in [-0.1, -0.05) is 37.0 Å². The van der Waals surface area contributed by atoms with Gasteiger partial charge in [0.05, 0.1) is 30.1 Å². The number of carbonyl (C=O) groups is 7. The number of esters is 7. The normalized spacial score (nSPS) is 35.0. The molecule has 16 heteroatoms. The zero-order valence-electron chi connectivity index (χ0n) is 34.5. The molecule has 0 aromatic rings. The summed E-state index contributed by atoms with van der Waals surface area (Å²) in [6.45, 7) is 17.9. The van der Waals surface area contributed by atoms with E-state index in [2.05, 4.69) is 13.2 Å². The van der Waals surface area contributed by atoms with E-state index in [4.69, 9.17) is 37.9 Å². The molecule has 3 aliphatic heterocycles. The van der Waals surface area contributed by atoms with Crippen molar-refractivity contribution in [2.45, 2.75) is 135 Å². The SMILES string of the molecule is C=C1C(=O)O[C@@H]2/C=C(\C)CC/C=C(/C(=O)O[C@@H](C)[C@@](C)(O)C(=O)OC3[C@H]4C(=C)C(=O)O[C@@H]4[C@@H]4O[C@]4(C)CC/C=C(/C(=O)OC)[C@@H]3OC(C)=O)C[C@@H](OC(=O)/C(C)=C\C)[C@@H]12. The molecule has 1 unspecified atom stereocenters. The molecule has 16 nitrogen and oxygen atoms in total. The van der Waals surface area contributed by atoms with Crippen molar-refractivity contribution < 1.29 is 76.6 Å². The lowest BCUT2D eigenvalue weighted by atomic mass is 9.80. The van der Waals surface area contributed by atoms with Gasteiger partial charge in [0.15, 0.2) is 17.8 Å². The highest BCUT2D eigenvalue weighted by Gasteiger charge is 2.65. The van der Waals surface area contributed by atoms with E-state index in [9.17, 15) is 38.7 Å². The molecule has 0 saturated carbocycles. The van der Waals surface area contributed by atoms with Crippen molar-refractivity contribution in [3.63, 3.8) is 0 Å². The number of epoxide rings is 1. The van der Waals surface area contributed by atoms with Crippen LogP contribution in [-0.4, -0.2) is 108 Å². The average molecular weight is 825 g/mol. The van der Waals surface area contributed by atoms with Crippen molar-refractivity contribution >= 4 is 41.8 Å². The van der Waals surface area contributed by atoms with Crippen molar-refractivity contribution in [2.24, 2.45) is 11.8 Å². The molecule has 5 rings (SSSR count). The van der Waals surface area contributed by atoms with Gasteiger partial charge in [0.2, 0.25) is 0 Å². The smallest absolute Gasteiger partial charge is 0.342 e. The summed E-state index contributed by atoms with van der Waals surface area (Å²) in [5.41, 5.74) is -2.62. The van der Waals surface area contributed by atoms with Crippen LogP contribution >= 0.6 is 0 Å². The van der Waals surface area contributed by atoms with Crippen LogP contribution in [0.4, 0.5) is 0 Å². The molecule has 0 aromatic heterocycles. The Hall–Kier alpha value is -5.35. The number of methoxy groups -OCH3 is 1. The molecule has 0 radical (unpaired) electrons. The minimum absolute atomic E-state index is 0.0147. The summed E-state index contributed by atoms with van der Waals surface area (Å²) < 4.78 is 45.4. The van der Waals surface area contributed by atoms with Crippen LogP contribution in [0.5, 0.6) is 0 Å². The van der Waals surface area contributed by atoms with Gasteiger partial charge in [-0.15, -0.1) is 0 Å². The Labute approximate surface area is 342 Å². The Bertz CT molecular complexity index is 1950. The summed E-state index contributed by atoms with van der Waals surface area (Å²) >= 11 is 0. The van der Waals surface area contributed by atoms with Gasteiger partial charge in [-0.05, 0) is 73.3 Å². The predicted molar refractivity (Wildman–Crippen MR) is 204 cm³/mol. The highest BCUT2D eigenvalue weighted by atomic mass is 16.7. The monoisotopic (exact) mass is 824 g/mol. The van der Waals surface area contributed by atoms with Crippen LogP contribution in [0, 0.1) is 11.8 Å². The summed E-state index contributed by atoms with van der Waals surface area (Å²) in [5, 5.41) is 11.8. The lowest BCUT2D eigenvalue weighted by molar-refractivity contribution is -0.196. The summed E-state index contributed by atoms with van der Waals surface area (Å²) in [6.07, 6.45) is -1.24. The van der Waals surface area contributed by atoms with E-state index in [1.165, 1.54) is 13.0 Å². The number of carbonyl (C=O) groups excluding carboxylic acids is 7. The lowest BCUT2D eigenvalue weighted by Crippen LogP contribution is -2.54. The van der Waals surface area contributed by atoms with Crippen molar-refractivity contribution in [3.05, 3.63) is 70.9 Å². The predicted octanol–water partition coefficient (Wildman–Crippen LogP) is 3.69. The molecule has 0 amide bonds. The van der Waals surface area contributed by atoms with Crippen molar-refractivity contribution in [1.29, 1.82) is 0 Å². The van der Waals surface area contributed by atoms with E-state index in [-0.39, 0.29) is 40.7 Å². The first kappa shape index (κ1) is 44.7. The minimum atomic E-state index is -2.62. The fraction of sp³-hybridized carbons (Fsp3) is 0.558. The standard InChI is InChI=1S/C43H52O16/c1-11-21(3)36(45)55-29-19-26(15-12-14-20(2)18-28-30(29)22(4)37(46)56-28)39(48)53-24(6)43(9,51)41(50)58-33-31-23(5)38(47)57-34(31)35-42(8,59-35)17-13-16-27(40(49)52-10)32(33)54-25(7)44/h11,15-16,18,24,28-35,51H,4-5,12-14,17,19H2,1-3,6-10H3/b20-18+,21-11-,26-15+,27-16+/t24-,28+,29+,30-,31+,32-,33?,34-,35-,42+,43+/m0/s1. The second-order valence-corrected chi connectivity index (χ2v) is 15.9. The Balaban J connectivity index is 1.46. The number of ether oxygens (including phenoxy) is 8. The van der Waals surface area contributed by atoms with E-state index in [1.807, 2.05) is 6.92 Å². The number of hydrogen-bond donors (Lipinski definition) is 1. The number of allylic oxidation sites excluding steroid dienone is 4. The Morgan fingerprint density at radius 2 is 1.64 bits per heavy atom. The molecule has 3 fully saturated rings. The summed E-state index contributed by atoms with van der Waals surface area (Å²) in [5.74, 6) is -8.48. The van der Waals surface area contributed by atoms with E-state index >= 15 is 0 Å². The van der Waals surface area contributed by atoms with Gasteiger partial charge in [0, 0.05) is 35.6 Å². The number of fused-ring (bicyclic) bond motifs is 4. The summed E-state index contributed by atoms with van der Waals surface area (Å²) in [7, 11) is 1.11. The maximum absolute atomic E-state index is 14.2. The van der Waals surface area contributed by atoms with Gasteiger partial charge >= 0.3 is 41.8 Å². The van der Waals surface area contributed by atoms with Crippen LogP contribution in [0.1, 0.15) is 80.6 Å². The molecular weight excluding hydrogens is 772 g/mol. The molecule has 3 heterocycles. The molecule has 5 aliphatic rings. The molecule has 320 valence electrons. The molecule has 2 aliphatic carbocycles. The quantitative estimate of drug-likeness (QED) is 0.115. The fourth-order valence-electron chi connectivity index (χ4n) is 7.71. The van der Waals surface area contributed by atoms with Crippen molar-refractivity contribution in [2.75, 3.05) is 7.11 Å². The number of aliphatic hydroxyl groups is 1. The Morgan fingerprint density at radius 3 is 2.29 bits per heavy atom. The molecule has 3 saturated heterocycles. The van der Waals surface area contributed by atoms with Crippen LogP contribution in [-0.2, 0) is 71.5 Å². The molecular formula is C43H52O16. The molecule has 0 bridgehead atoms. The first-order chi connectivity index (χ1) is 27.6. The molecule has 59 heavy (non-hydrogen) atoms. The second kappa shape index (κ2) is 17.5. The third kappa shape index (κ3) is 9.28. The maximum Gasteiger partial charge on any atom is 0.342 e. The van der Waals surface area contributed by atoms with Crippen LogP contribution in [0.15, 0.2) is 70.9 Å². The minimum Gasteiger partial charge on any atom is -0.466 e. The van der Waals surface area contributed by atoms with Crippen LogP contribution in [0.2, 0.25) is 0 Å². The molecule has 0 aromatic carbocycles. The van der Waals surface area contributed by atoms with Gasteiger partial charge in [-0.25, -0.2) is 28.8 Å². The average Bonchev–Trinajstić information content (AvgIpc) is 3.64. The summed E-state index contributed by atoms with van der Waals surface area (Å²) in [4.78, 5) is 92.8. The van der Waals surface area contributed by atoms with Gasteiger partial charge in [0.25, 0.3) is 0 Å². The highest BCUT2D eigenvalue weighted by Crippen LogP contribution is 2.51. The molecule has 0 spiro atoms. The second-order valence-electron chi connectivity index (χ2n) is 15.9. The largest absolute Gasteiger partial charge is 0.466 e. The van der Waals surface area contributed by atoms with Crippen LogP contribution in [0.3, 0.4) is 0 Å². The van der Waals surface area contributed by atoms with Gasteiger partial charge in [-0.2, -0.15) is 0 Å². The summed E-state index contributed by atoms with van der Waals surface area (Å²) in [6, 6.07) is 0.